The van der Waals surface area contributed by atoms with Crippen LogP contribution >= 0.6 is 0 Å². The molecule has 3 rings (SSSR count). The molecule has 0 aliphatic carbocycles. The van der Waals surface area contributed by atoms with Crippen LogP contribution in [0.4, 0.5) is 5.69 Å². The van der Waals surface area contributed by atoms with E-state index in [4.69, 9.17) is 9.47 Å². The minimum absolute atomic E-state index is 0.0699. The van der Waals surface area contributed by atoms with E-state index in [1.807, 2.05) is 60.7 Å². The van der Waals surface area contributed by atoms with Gasteiger partial charge in [0.05, 0.1) is 18.4 Å². The largest absolute Gasteiger partial charge is 0.497 e. The van der Waals surface area contributed by atoms with Gasteiger partial charge in [-0.2, -0.15) is 0 Å². The molecule has 0 unspecified atom stereocenters. The second-order valence-corrected chi connectivity index (χ2v) is 6.56. The first-order chi connectivity index (χ1) is 14.2. The fraction of sp³-hybridized carbons (Fsp3) is 0.217. The maximum absolute atomic E-state index is 12.7. The Hall–Kier alpha value is -3.54. The summed E-state index contributed by atoms with van der Waals surface area (Å²) in [5.74, 6) is 1.50. The molecule has 1 N–H and O–H groups in total. The number of aromatic nitrogens is 1. The van der Waals surface area contributed by atoms with E-state index >= 15 is 0 Å². The third-order valence-electron chi connectivity index (χ3n) is 4.35. The summed E-state index contributed by atoms with van der Waals surface area (Å²) in [4.78, 5) is 18.6. The van der Waals surface area contributed by atoms with E-state index in [-0.39, 0.29) is 5.91 Å². The number of benzene rings is 2. The highest BCUT2D eigenvalue weighted by atomic mass is 16.5. The van der Waals surface area contributed by atoms with Gasteiger partial charge in [-0.3, -0.25) is 9.78 Å². The highest BCUT2D eigenvalue weighted by molar-refractivity contribution is 5.94. The van der Waals surface area contributed by atoms with Crippen LogP contribution in [0.5, 0.6) is 11.5 Å². The number of methoxy groups -OCH3 is 1. The Morgan fingerprint density at radius 1 is 1.03 bits per heavy atom. The molecule has 0 aliphatic rings. The van der Waals surface area contributed by atoms with Crippen molar-refractivity contribution in [3.63, 3.8) is 0 Å². The Kier molecular flexibility index (Phi) is 7.05. The molecule has 6 nitrogen and oxygen atoms in total. The van der Waals surface area contributed by atoms with Gasteiger partial charge >= 0.3 is 0 Å². The monoisotopic (exact) mass is 391 g/mol. The Balaban J connectivity index is 1.50. The highest BCUT2D eigenvalue weighted by Gasteiger charge is 2.13. The second kappa shape index (κ2) is 10.1. The first kappa shape index (κ1) is 20.2. The van der Waals surface area contributed by atoms with Crippen molar-refractivity contribution in [3.8, 4) is 11.5 Å². The zero-order valence-corrected chi connectivity index (χ0v) is 16.7. The minimum atomic E-state index is -0.0699. The van der Waals surface area contributed by atoms with Gasteiger partial charge < -0.3 is 19.7 Å². The van der Waals surface area contributed by atoms with Crippen molar-refractivity contribution in [2.75, 3.05) is 32.6 Å². The van der Waals surface area contributed by atoms with E-state index in [0.717, 1.165) is 22.7 Å². The number of carbonyl (C=O) groups excluding carboxylic acids is 1. The topological polar surface area (TPSA) is 63.7 Å². The number of hydrogen-bond acceptors (Lipinski definition) is 5. The lowest BCUT2D eigenvalue weighted by Gasteiger charge is -2.17. The predicted molar refractivity (Wildman–Crippen MR) is 113 cm³/mol. The van der Waals surface area contributed by atoms with Crippen molar-refractivity contribution >= 4 is 11.6 Å². The molecule has 0 saturated carbocycles. The molecule has 0 saturated heterocycles. The van der Waals surface area contributed by atoms with Crippen LogP contribution in [0.3, 0.4) is 0 Å². The third-order valence-corrected chi connectivity index (χ3v) is 4.35. The van der Waals surface area contributed by atoms with Crippen LogP contribution in [0.2, 0.25) is 0 Å². The van der Waals surface area contributed by atoms with E-state index in [2.05, 4.69) is 10.3 Å². The van der Waals surface area contributed by atoms with E-state index in [0.29, 0.717) is 25.3 Å². The van der Waals surface area contributed by atoms with Gasteiger partial charge in [0.15, 0.2) is 0 Å². The summed E-state index contributed by atoms with van der Waals surface area (Å²) in [6, 6.07) is 19.1. The molecule has 3 aromatic rings. The highest BCUT2D eigenvalue weighted by Crippen LogP contribution is 2.17. The lowest BCUT2D eigenvalue weighted by molar-refractivity contribution is 0.0784. The summed E-state index contributed by atoms with van der Waals surface area (Å²) in [6.07, 6.45) is 3.28. The number of amides is 1. The van der Waals surface area contributed by atoms with Crippen molar-refractivity contribution in [1.29, 1.82) is 0 Å². The van der Waals surface area contributed by atoms with Crippen LogP contribution < -0.4 is 14.8 Å². The smallest absolute Gasteiger partial charge is 0.255 e. The summed E-state index contributed by atoms with van der Waals surface area (Å²) in [7, 11) is 3.42. The number of rotatable bonds is 9. The SMILES string of the molecule is COc1ccc(OCCNc2cncc(C(=O)N(C)Cc3ccccc3)c2)cc1. The van der Waals surface area contributed by atoms with Crippen molar-refractivity contribution in [3.05, 3.63) is 84.2 Å². The molecule has 2 aromatic carbocycles. The quantitative estimate of drug-likeness (QED) is 0.561. The normalized spacial score (nSPS) is 10.3. The molecule has 1 amide bonds. The molecule has 0 aliphatic heterocycles. The van der Waals surface area contributed by atoms with Gasteiger partial charge in [-0.05, 0) is 35.9 Å². The number of pyridine rings is 1. The number of nitrogens with one attached hydrogen (secondary N) is 1. The minimum Gasteiger partial charge on any atom is -0.497 e. The van der Waals surface area contributed by atoms with E-state index in [1.54, 1.807) is 31.5 Å². The number of ether oxygens (including phenoxy) is 2. The molecule has 150 valence electrons. The first-order valence-electron chi connectivity index (χ1n) is 9.41. The van der Waals surface area contributed by atoms with E-state index < -0.39 is 0 Å². The first-order valence-corrected chi connectivity index (χ1v) is 9.41. The van der Waals surface area contributed by atoms with E-state index in [9.17, 15) is 4.79 Å². The maximum atomic E-state index is 12.7. The van der Waals surface area contributed by atoms with Crippen molar-refractivity contribution in [1.82, 2.24) is 9.88 Å². The van der Waals surface area contributed by atoms with Crippen LogP contribution in [-0.4, -0.2) is 43.1 Å². The van der Waals surface area contributed by atoms with Gasteiger partial charge in [-0.25, -0.2) is 0 Å². The number of nitrogens with zero attached hydrogens (tertiary/aromatic N) is 2. The Morgan fingerprint density at radius 3 is 2.48 bits per heavy atom. The van der Waals surface area contributed by atoms with Gasteiger partial charge in [0, 0.05) is 32.5 Å². The molecule has 0 spiro atoms. The second-order valence-electron chi connectivity index (χ2n) is 6.56. The Morgan fingerprint density at radius 2 is 1.76 bits per heavy atom. The van der Waals surface area contributed by atoms with Gasteiger partial charge in [0.1, 0.15) is 18.1 Å². The number of carbonyl (C=O) groups is 1. The molecule has 0 radical (unpaired) electrons. The van der Waals surface area contributed by atoms with Gasteiger partial charge in [-0.15, -0.1) is 0 Å². The van der Waals surface area contributed by atoms with Gasteiger partial charge in [0.2, 0.25) is 0 Å². The molecular weight excluding hydrogens is 366 g/mol. The van der Waals surface area contributed by atoms with Crippen molar-refractivity contribution in [2.45, 2.75) is 6.54 Å². The average Bonchev–Trinajstić information content (AvgIpc) is 2.77. The summed E-state index contributed by atoms with van der Waals surface area (Å²) in [6.45, 7) is 1.62. The Bertz CT molecular complexity index is 914. The van der Waals surface area contributed by atoms with Crippen LogP contribution in [0, 0.1) is 0 Å². The van der Waals surface area contributed by atoms with Crippen LogP contribution in [0.15, 0.2) is 73.1 Å². The fourth-order valence-electron chi connectivity index (χ4n) is 2.84. The maximum Gasteiger partial charge on any atom is 0.255 e. The molecule has 6 heteroatoms. The number of hydrogen-bond donors (Lipinski definition) is 1. The van der Waals surface area contributed by atoms with Crippen LogP contribution in [0.1, 0.15) is 15.9 Å². The van der Waals surface area contributed by atoms with Crippen LogP contribution in [0.25, 0.3) is 0 Å². The molecule has 1 aromatic heterocycles. The summed E-state index contributed by atoms with van der Waals surface area (Å²) in [5.41, 5.74) is 2.41. The Labute approximate surface area is 171 Å². The van der Waals surface area contributed by atoms with Crippen molar-refractivity contribution < 1.29 is 14.3 Å². The summed E-state index contributed by atoms with van der Waals surface area (Å²) in [5, 5.41) is 3.24. The molecule has 1 heterocycles. The molecule has 0 bridgehead atoms. The summed E-state index contributed by atoms with van der Waals surface area (Å²) < 4.78 is 10.8. The molecular formula is C23H25N3O3. The van der Waals surface area contributed by atoms with Gasteiger partial charge in [0.25, 0.3) is 5.91 Å². The molecule has 0 atom stereocenters. The third kappa shape index (κ3) is 5.97. The van der Waals surface area contributed by atoms with Crippen LogP contribution in [-0.2, 0) is 6.54 Å². The van der Waals surface area contributed by atoms with Gasteiger partial charge in [-0.1, -0.05) is 30.3 Å². The lowest BCUT2D eigenvalue weighted by Crippen LogP contribution is -2.26. The standard InChI is InChI=1S/C23H25N3O3/c1-26(17-18-6-4-3-5-7-18)23(27)19-14-20(16-24-15-19)25-12-13-29-22-10-8-21(28-2)9-11-22/h3-11,14-16,25H,12-13,17H2,1-2H3. The zero-order valence-electron chi connectivity index (χ0n) is 16.7. The fourth-order valence-corrected chi connectivity index (χ4v) is 2.84. The van der Waals surface area contributed by atoms with E-state index in [1.165, 1.54) is 0 Å². The summed E-state index contributed by atoms with van der Waals surface area (Å²) >= 11 is 0. The zero-order chi connectivity index (χ0) is 20.5. The average molecular weight is 391 g/mol. The lowest BCUT2D eigenvalue weighted by atomic mass is 10.2. The van der Waals surface area contributed by atoms with Crippen molar-refractivity contribution in [2.24, 2.45) is 0 Å². The molecule has 29 heavy (non-hydrogen) atoms. The molecule has 0 fully saturated rings. The predicted octanol–water partition coefficient (Wildman–Crippen LogP) is 3.85. The number of anilines is 1.